The van der Waals surface area contributed by atoms with E-state index in [-0.39, 0.29) is 22.6 Å². The van der Waals surface area contributed by atoms with Crippen LogP contribution >= 0.6 is 11.6 Å². The number of ether oxygens (including phenoxy) is 1. The Morgan fingerprint density at radius 3 is 2.53 bits per heavy atom. The summed E-state index contributed by atoms with van der Waals surface area (Å²) in [6.07, 6.45) is 4.97. The first-order valence-corrected chi connectivity index (χ1v) is 12.3. The minimum absolute atomic E-state index is 0.145. The topological polar surface area (TPSA) is 100 Å². The first-order chi connectivity index (χ1) is 18.2. The Hall–Kier alpha value is -3.77. The van der Waals surface area contributed by atoms with E-state index in [0.29, 0.717) is 33.4 Å². The van der Waals surface area contributed by atoms with E-state index in [0.717, 1.165) is 38.1 Å². The van der Waals surface area contributed by atoms with Crippen LogP contribution in [-0.4, -0.2) is 69.9 Å². The van der Waals surface area contributed by atoms with Gasteiger partial charge in [0.2, 0.25) is 11.9 Å². The Labute approximate surface area is 224 Å². The number of hydrogen-bond donors (Lipinski definition) is 2. The molecule has 0 unspecified atom stereocenters. The highest BCUT2D eigenvalue weighted by atomic mass is 35.5. The van der Waals surface area contributed by atoms with E-state index in [4.69, 9.17) is 16.3 Å². The number of benzene rings is 1. The molecule has 1 saturated heterocycles. The number of hydrogen-bond acceptors (Lipinski definition) is 8. The molecule has 0 atom stereocenters. The third-order valence-corrected chi connectivity index (χ3v) is 6.49. The zero-order valence-electron chi connectivity index (χ0n) is 21.3. The second-order valence-corrected chi connectivity index (χ2v) is 9.29. The maximum Gasteiger partial charge on any atom is 0.333 e. The third kappa shape index (κ3) is 6.03. The van der Waals surface area contributed by atoms with Crippen LogP contribution in [0, 0.1) is 0 Å². The molecule has 1 aromatic carbocycles. The van der Waals surface area contributed by atoms with E-state index in [1.165, 1.54) is 25.6 Å². The molecule has 10 nitrogen and oxygen atoms in total. The molecular weight excluding hydrogens is 518 g/mol. The van der Waals surface area contributed by atoms with Crippen molar-refractivity contribution in [3.63, 3.8) is 0 Å². The Balaban J connectivity index is 1.67. The summed E-state index contributed by atoms with van der Waals surface area (Å²) in [6, 6.07) is 4.03. The number of anilines is 4. The van der Waals surface area contributed by atoms with Crippen molar-refractivity contribution in [1.29, 1.82) is 0 Å². The van der Waals surface area contributed by atoms with E-state index in [9.17, 15) is 13.6 Å². The molecule has 1 amide bonds. The number of carbonyl (C=O) groups excluding carboxylic acids is 1. The molecule has 202 valence electrons. The standard InChI is InChI=1S/C25H29ClF2N8O2/c1-5-22(37)31-18-10-19(21(38-4)11-20(18)35-8-6-34(7-9-35)15(2)3)32-25-29-13-17(26)23(33-25)16-12-30-36(14-16)24(27)28/h5,10-15,24H,1,6-9H2,2-4H3,(H,31,37)(H,29,32,33). The third-order valence-electron chi connectivity index (χ3n) is 6.21. The number of nitrogens with one attached hydrogen (secondary N) is 2. The lowest BCUT2D eigenvalue weighted by Gasteiger charge is -2.39. The fourth-order valence-corrected chi connectivity index (χ4v) is 4.38. The van der Waals surface area contributed by atoms with Crippen molar-refractivity contribution in [2.75, 3.05) is 48.8 Å². The van der Waals surface area contributed by atoms with Crippen molar-refractivity contribution in [3.8, 4) is 17.0 Å². The average molecular weight is 547 g/mol. The van der Waals surface area contributed by atoms with Gasteiger partial charge in [-0.05, 0) is 26.0 Å². The van der Waals surface area contributed by atoms with Crippen LogP contribution in [-0.2, 0) is 4.79 Å². The van der Waals surface area contributed by atoms with E-state index in [1.807, 2.05) is 6.07 Å². The smallest absolute Gasteiger partial charge is 0.333 e. The number of methoxy groups -OCH3 is 1. The van der Waals surface area contributed by atoms with Gasteiger partial charge in [0.15, 0.2) is 0 Å². The lowest BCUT2D eigenvalue weighted by atomic mass is 10.1. The number of piperazine rings is 1. The number of aromatic nitrogens is 4. The van der Waals surface area contributed by atoms with Gasteiger partial charge >= 0.3 is 6.55 Å². The largest absolute Gasteiger partial charge is 0.494 e. The van der Waals surface area contributed by atoms with Gasteiger partial charge < -0.3 is 20.3 Å². The highest BCUT2D eigenvalue weighted by molar-refractivity contribution is 6.32. The number of carbonyl (C=O) groups is 1. The van der Waals surface area contributed by atoms with Crippen molar-refractivity contribution in [1.82, 2.24) is 24.6 Å². The molecule has 38 heavy (non-hydrogen) atoms. The molecule has 1 aliphatic rings. The van der Waals surface area contributed by atoms with E-state index in [2.05, 4.69) is 55.9 Å². The summed E-state index contributed by atoms with van der Waals surface area (Å²) >= 11 is 6.25. The van der Waals surface area contributed by atoms with Crippen LogP contribution in [0.2, 0.25) is 5.02 Å². The molecule has 1 fully saturated rings. The SMILES string of the molecule is C=CC(=O)Nc1cc(Nc2ncc(Cl)c(-c3cnn(C(F)F)c3)n2)c(OC)cc1N1CCN(C(C)C)CC1. The molecule has 0 radical (unpaired) electrons. The summed E-state index contributed by atoms with van der Waals surface area (Å²) in [5.74, 6) is 0.282. The predicted octanol–water partition coefficient (Wildman–Crippen LogP) is 4.80. The molecule has 1 aliphatic heterocycles. The zero-order chi connectivity index (χ0) is 27.4. The number of nitrogens with zero attached hydrogens (tertiary/aromatic N) is 6. The molecule has 0 saturated carbocycles. The number of alkyl halides is 2. The van der Waals surface area contributed by atoms with Crippen LogP contribution < -0.4 is 20.3 Å². The maximum absolute atomic E-state index is 13.0. The molecule has 0 spiro atoms. The molecule has 2 N–H and O–H groups in total. The van der Waals surface area contributed by atoms with Crippen LogP contribution in [0.5, 0.6) is 5.75 Å². The highest BCUT2D eigenvalue weighted by Gasteiger charge is 2.23. The normalized spacial score (nSPS) is 14.2. The van der Waals surface area contributed by atoms with Crippen LogP contribution in [0.15, 0.2) is 43.4 Å². The second kappa shape index (κ2) is 11.7. The van der Waals surface area contributed by atoms with Crippen molar-refractivity contribution in [2.45, 2.75) is 26.4 Å². The summed E-state index contributed by atoms with van der Waals surface area (Å²) in [5.41, 5.74) is 2.39. The van der Waals surface area contributed by atoms with Crippen LogP contribution in [0.25, 0.3) is 11.3 Å². The molecule has 3 aromatic rings. The number of rotatable bonds is 9. The maximum atomic E-state index is 13.0. The van der Waals surface area contributed by atoms with Gasteiger partial charge in [-0.25, -0.2) is 14.6 Å². The quantitative estimate of drug-likeness (QED) is 0.369. The van der Waals surface area contributed by atoms with Crippen LogP contribution in [0.4, 0.5) is 31.8 Å². The first-order valence-electron chi connectivity index (χ1n) is 12.0. The van der Waals surface area contributed by atoms with Gasteiger partial charge in [-0.15, -0.1) is 0 Å². The Morgan fingerprint density at radius 2 is 1.92 bits per heavy atom. The van der Waals surface area contributed by atoms with Crippen LogP contribution in [0.3, 0.4) is 0 Å². The van der Waals surface area contributed by atoms with Crippen LogP contribution in [0.1, 0.15) is 20.4 Å². The second-order valence-electron chi connectivity index (χ2n) is 8.88. The van der Waals surface area contributed by atoms with Gasteiger partial charge in [0.05, 0.1) is 47.3 Å². The lowest BCUT2D eigenvalue weighted by Crippen LogP contribution is -2.49. The van der Waals surface area contributed by atoms with E-state index < -0.39 is 6.55 Å². The van der Waals surface area contributed by atoms with Gasteiger partial charge in [0.25, 0.3) is 0 Å². The summed E-state index contributed by atoms with van der Waals surface area (Å²) in [6.45, 7) is 8.44. The minimum Gasteiger partial charge on any atom is -0.494 e. The highest BCUT2D eigenvalue weighted by Crippen LogP contribution is 2.39. The summed E-state index contributed by atoms with van der Waals surface area (Å²) in [5, 5.41) is 9.78. The van der Waals surface area contributed by atoms with Crippen molar-refractivity contribution in [2.24, 2.45) is 0 Å². The number of halogens is 3. The monoisotopic (exact) mass is 546 g/mol. The number of amides is 1. The molecule has 4 rings (SSSR count). The van der Waals surface area contributed by atoms with Crippen molar-refractivity contribution >= 4 is 40.5 Å². The summed E-state index contributed by atoms with van der Waals surface area (Å²) in [4.78, 5) is 25.5. The summed E-state index contributed by atoms with van der Waals surface area (Å²) in [7, 11) is 1.54. The molecular formula is C25H29ClF2N8O2. The van der Waals surface area contributed by atoms with E-state index in [1.54, 1.807) is 6.07 Å². The Bertz CT molecular complexity index is 1310. The van der Waals surface area contributed by atoms with Crippen molar-refractivity contribution in [3.05, 3.63) is 48.4 Å². The van der Waals surface area contributed by atoms with Crippen molar-refractivity contribution < 1.29 is 18.3 Å². The van der Waals surface area contributed by atoms with Gasteiger partial charge in [-0.1, -0.05) is 18.2 Å². The zero-order valence-corrected chi connectivity index (χ0v) is 22.0. The first kappa shape index (κ1) is 27.3. The fraction of sp³-hybridized carbons (Fsp3) is 0.360. The minimum atomic E-state index is -2.79. The molecule has 2 aromatic heterocycles. The Kier molecular flexibility index (Phi) is 8.42. The molecule has 13 heteroatoms. The van der Waals surface area contributed by atoms with Gasteiger partial charge in [0.1, 0.15) is 5.75 Å². The van der Waals surface area contributed by atoms with Gasteiger partial charge in [-0.2, -0.15) is 13.9 Å². The Morgan fingerprint density at radius 1 is 1.18 bits per heavy atom. The average Bonchev–Trinajstić information content (AvgIpc) is 3.40. The van der Waals surface area contributed by atoms with E-state index >= 15 is 0 Å². The predicted molar refractivity (Wildman–Crippen MR) is 144 cm³/mol. The molecule has 3 heterocycles. The van der Waals surface area contributed by atoms with Gasteiger partial charge in [0, 0.05) is 50.0 Å². The molecule has 0 bridgehead atoms. The molecule has 0 aliphatic carbocycles. The summed E-state index contributed by atoms with van der Waals surface area (Å²) < 4.78 is 32.1. The lowest BCUT2D eigenvalue weighted by molar-refractivity contribution is -0.111. The van der Waals surface area contributed by atoms with Gasteiger partial charge in [-0.3, -0.25) is 9.69 Å². The fourth-order valence-electron chi connectivity index (χ4n) is 4.18.